The summed E-state index contributed by atoms with van der Waals surface area (Å²) in [4.78, 5) is 29.2. The predicted molar refractivity (Wildman–Crippen MR) is 118 cm³/mol. The molecule has 1 aliphatic heterocycles. The summed E-state index contributed by atoms with van der Waals surface area (Å²) >= 11 is 0. The van der Waals surface area contributed by atoms with E-state index in [1.165, 1.54) is 12.1 Å². The van der Waals surface area contributed by atoms with Gasteiger partial charge in [-0.3, -0.25) is 14.5 Å². The van der Waals surface area contributed by atoms with Crippen LogP contribution in [0.3, 0.4) is 0 Å². The van der Waals surface area contributed by atoms with Gasteiger partial charge in [0.2, 0.25) is 5.91 Å². The zero-order valence-electron chi connectivity index (χ0n) is 18.0. The van der Waals surface area contributed by atoms with Crippen molar-refractivity contribution in [2.45, 2.75) is 20.8 Å². The average molecular weight is 423 g/mol. The van der Waals surface area contributed by atoms with Gasteiger partial charge in [0, 0.05) is 42.8 Å². The smallest absolute Gasteiger partial charge is 0.289 e. The van der Waals surface area contributed by atoms with Gasteiger partial charge in [-0.15, -0.1) is 0 Å². The van der Waals surface area contributed by atoms with Crippen LogP contribution >= 0.6 is 0 Å². The Bertz CT molecular complexity index is 1150. The zero-order valence-corrected chi connectivity index (χ0v) is 18.0. The molecular weight excluding hydrogens is 397 g/mol. The molecule has 7 heteroatoms. The lowest BCUT2D eigenvalue weighted by Gasteiger charge is -2.34. The average Bonchev–Trinajstić information content (AvgIpc) is 3.07. The molecule has 0 atom stereocenters. The van der Waals surface area contributed by atoms with Gasteiger partial charge in [0.25, 0.3) is 5.91 Å². The van der Waals surface area contributed by atoms with Crippen LogP contribution in [0.5, 0.6) is 0 Å². The Morgan fingerprint density at radius 3 is 2.52 bits per heavy atom. The number of nitrogens with one attached hydrogen (secondary N) is 1. The van der Waals surface area contributed by atoms with Crippen LogP contribution in [0.15, 0.2) is 40.8 Å². The van der Waals surface area contributed by atoms with Crippen LogP contribution in [0.25, 0.3) is 11.0 Å². The van der Waals surface area contributed by atoms with Crippen molar-refractivity contribution in [3.63, 3.8) is 0 Å². The summed E-state index contributed by atoms with van der Waals surface area (Å²) in [6.07, 6.45) is 0. The van der Waals surface area contributed by atoms with Crippen molar-refractivity contribution >= 4 is 28.5 Å². The van der Waals surface area contributed by atoms with Gasteiger partial charge in [0.1, 0.15) is 11.4 Å². The fourth-order valence-electron chi connectivity index (χ4n) is 3.93. The standard InChI is InChI=1S/C24H26FN3O3/c1-15-5-4-6-20(16(15)2)26-22(29)14-27-9-11-28(12-10-27)24(30)23-17(3)19-13-18(25)7-8-21(19)31-23/h4-8,13H,9-12,14H2,1-3H3,(H,26,29). The number of anilines is 1. The lowest BCUT2D eigenvalue weighted by molar-refractivity contribution is -0.117. The summed E-state index contributed by atoms with van der Waals surface area (Å²) in [7, 11) is 0. The molecule has 1 aromatic heterocycles. The number of hydrogen-bond donors (Lipinski definition) is 1. The van der Waals surface area contributed by atoms with Crippen LogP contribution in [0.2, 0.25) is 0 Å². The molecule has 31 heavy (non-hydrogen) atoms. The maximum absolute atomic E-state index is 13.5. The van der Waals surface area contributed by atoms with E-state index in [9.17, 15) is 14.0 Å². The van der Waals surface area contributed by atoms with Gasteiger partial charge in [-0.05, 0) is 56.2 Å². The van der Waals surface area contributed by atoms with E-state index < -0.39 is 0 Å². The molecule has 4 rings (SSSR count). The largest absolute Gasteiger partial charge is 0.451 e. The molecule has 2 amide bonds. The number of rotatable bonds is 4. The number of carbonyl (C=O) groups is 2. The summed E-state index contributed by atoms with van der Waals surface area (Å²) in [6.45, 7) is 8.25. The van der Waals surface area contributed by atoms with Crippen molar-refractivity contribution in [3.8, 4) is 0 Å². The monoisotopic (exact) mass is 423 g/mol. The van der Waals surface area contributed by atoms with E-state index in [2.05, 4.69) is 5.32 Å². The Morgan fingerprint density at radius 2 is 1.77 bits per heavy atom. The first kappa shape index (κ1) is 21.1. The van der Waals surface area contributed by atoms with Crippen molar-refractivity contribution in [1.29, 1.82) is 0 Å². The van der Waals surface area contributed by atoms with E-state index in [1.54, 1.807) is 17.9 Å². The van der Waals surface area contributed by atoms with E-state index in [0.717, 1.165) is 16.8 Å². The lowest BCUT2D eigenvalue weighted by atomic mass is 10.1. The second-order valence-electron chi connectivity index (χ2n) is 8.06. The molecule has 2 heterocycles. The van der Waals surface area contributed by atoms with Gasteiger partial charge in [-0.25, -0.2) is 4.39 Å². The molecule has 162 valence electrons. The van der Waals surface area contributed by atoms with Crippen LogP contribution in [-0.2, 0) is 4.79 Å². The van der Waals surface area contributed by atoms with Crippen LogP contribution < -0.4 is 5.32 Å². The van der Waals surface area contributed by atoms with Crippen LogP contribution in [0, 0.1) is 26.6 Å². The Morgan fingerprint density at radius 1 is 1.03 bits per heavy atom. The third kappa shape index (κ3) is 4.32. The molecule has 1 aliphatic rings. The molecule has 0 aliphatic carbocycles. The maximum Gasteiger partial charge on any atom is 0.289 e. The van der Waals surface area contributed by atoms with Crippen LogP contribution in [0.1, 0.15) is 27.2 Å². The van der Waals surface area contributed by atoms with Gasteiger partial charge in [-0.2, -0.15) is 0 Å². The molecule has 0 saturated carbocycles. The second kappa shape index (κ2) is 8.51. The van der Waals surface area contributed by atoms with Crippen LogP contribution in [-0.4, -0.2) is 54.3 Å². The number of benzene rings is 2. The highest BCUT2D eigenvalue weighted by molar-refractivity contribution is 5.99. The Labute approximate surface area is 180 Å². The first-order valence-electron chi connectivity index (χ1n) is 10.4. The molecule has 1 N–H and O–H groups in total. The SMILES string of the molecule is Cc1cccc(NC(=O)CN2CCN(C(=O)c3oc4ccc(F)cc4c3C)CC2)c1C. The van der Waals surface area contributed by atoms with Crippen molar-refractivity contribution in [1.82, 2.24) is 9.80 Å². The maximum atomic E-state index is 13.5. The topological polar surface area (TPSA) is 65.8 Å². The number of aryl methyl sites for hydroxylation is 2. The highest BCUT2D eigenvalue weighted by Crippen LogP contribution is 2.27. The second-order valence-corrected chi connectivity index (χ2v) is 8.06. The van der Waals surface area contributed by atoms with Crippen molar-refractivity contribution < 1.29 is 18.4 Å². The number of hydrogen-bond acceptors (Lipinski definition) is 4. The van der Waals surface area contributed by atoms with Crippen molar-refractivity contribution in [2.24, 2.45) is 0 Å². The Kier molecular flexibility index (Phi) is 5.78. The van der Waals surface area contributed by atoms with Gasteiger partial charge < -0.3 is 14.6 Å². The molecule has 0 spiro atoms. The summed E-state index contributed by atoms with van der Waals surface area (Å²) in [5, 5.41) is 3.59. The third-order valence-corrected chi connectivity index (χ3v) is 6.00. The minimum atomic E-state index is -0.358. The van der Waals surface area contributed by atoms with E-state index in [1.807, 2.05) is 36.9 Å². The molecule has 1 saturated heterocycles. The lowest BCUT2D eigenvalue weighted by Crippen LogP contribution is -2.50. The number of carbonyl (C=O) groups excluding carboxylic acids is 2. The molecule has 6 nitrogen and oxygen atoms in total. The third-order valence-electron chi connectivity index (χ3n) is 6.00. The first-order chi connectivity index (χ1) is 14.8. The van der Waals surface area contributed by atoms with Gasteiger partial charge in [0.15, 0.2) is 5.76 Å². The Balaban J connectivity index is 1.35. The predicted octanol–water partition coefficient (Wildman–Crippen LogP) is 3.89. The number of nitrogens with zero attached hydrogens (tertiary/aromatic N) is 2. The highest BCUT2D eigenvalue weighted by Gasteiger charge is 2.27. The van der Waals surface area contributed by atoms with E-state index in [4.69, 9.17) is 4.42 Å². The first-order valence-corrected chi connectivity index (χ1v) is 10.4. The van der Waals surface area contributed by atoms with E-state index >= 15 is 0 Å². The van der Waals surface area contributed by atoms with Gasteiger partial charge >= 0.3 is 0 Å². The number of fused-ring (bicyclic) bond motifs is 1. The van der Waals surface area contributed by atoms with Crippen molar-refractivity contribution in [3.05, 3.63) is 64.7 Å². The fraction of sp³-hybridized carbons (Fsp3) is 0.333. The molecular formula is C24H26FN3O3. The van der Waals surface area contributed by atoms with Gasteiger partial charge in [0.05, 0.1) is 6.54 Å². The van der Waals surface area contributed by atoms with E-state index in [0.29, 0.717) is 42.7 Å². The van der Waals surface area contributed by atoms with Gasteiger partial charge in [-0.1, -0.05) is 12.1 Å². The fourth-order valence-corrected chi connectivity index (χ4v) is 3.93. The quantitative estimate of drug-likeness (QED) is 0.691. The number of halogens is 1. The molecule has 0 bridgehead atoms. The zero-order chi connectivity index (χ0) is 22.1. The summed E-state index contributed by atoms with van der Waals surface area (Å²) in [6, 6.07) is 10.1. The number of furan rings is 1. The highest BCUT2D eigenvalue weighted by atomic mass is 19.1. The van der Waals surface area contributed by atoms with Crippen molar-refractivity contribution in [2.75, 3.05) is 38.0 Å². The molecule has 0 radical (unpaired) electrons. The molecule has 1 fully saturated rings. The minimum Gasteiger partial charge on any atom is -0.451 e. The molecule has 3 aromatic rings. The summed E-state index contributed by atoms with van der Waals surface area (Å²) < 4.78 is 19.2. The normalized spacial score (nSPS) is 14.8. The minimum absolute atomic E-state index is 0.0661. The van der Waals surface area contributed by atoms with E-state index in [-0.39, 0.29) is 29.9 Å². The Hall–Kier alpha value is -3.19. The summed E-state index contributed by atoms with van der Waals surface area (Å²) in [5.41, 5.74) is 4.18. The number of piperazine rings is 1. The molecule has 0 unspecified atom stereocenters. The molecule has 2 aromatic carbocycles. The van der Waals surface area contributed by atoms with Crippen LogP contribution in [0.4, 0.5) is 10.1 Å². The summed E-state index contributed by atoms with van der Waals surface area (Å²) in [5.74, 6) is -0.373. The number of amides is 2.